The molecule has 0 rings (SSSR count). The van der Waals surface area contributed by atoms with Gasteiger partial charge < -0.3 is 14.9 Å². The average molecular weight is 429 g/mol. The first-order chi connectivity index (χ1) is 14.7. The third kappa shape index (κ3) is 25.4. The van der Waals surface area contributed by atoms with Gasteiger partial charge in [-0.15, -0.1) is 0 Å². The minimum Gasteiger partial charge on any atom is -0.480 e. The van der Waals surface area contributed by atoms with Crippen molar-refractivity contribution in [3.8, 4) is 0 Å². The maximum atomic E-state index is 10.3. The van der Waals surface area contributed by atoms with Crippen LogP contribution in [0.3, 0.4) is 0 Å². The summed E-state index contributed by atoms with van der Waals surface area (Å²) in [6.45, 7) is 2.09. The number of aliphatic hydroxyl groups is 1. The molecule has 0 bridgehead atoms. The van der Waals surface area contributed by atoms with E-state index in [-0.39, 0.29) is 13.2 Å². The summed E-state index contributed by atoms with van der Waals surface area (Å²) in [6, 6.07) is 0. The lowest BCUT2D eigenvalue weighted by Crippen LogP contribution is -2.18. The van der Waals surface area contributed by atoms with E-state index in [9.17, 15) is 9.90 Å². The summed E-state index contributed by atoms with van der Waals surface area (Å²) in [4.78, 5) is 10.3. The van der Waals surface area contributed by atoms with Crippen molar-refractivity contribution in [2.24, 2.45) is 0 Å². The summed E-state index contributed by atoms with van der Waals surface area (Å²) < 4.78 is 4.90. The summed E-state index contributed by atoms with van der Waals surface area (Å²) in [5, 5.41) is 18.2. The number of carboxylic acids is 1. The SMILES string of the molecule is CCCCCCCCCCCCCCCCCCCCCCC(O)COCC(=O)O. The summed E-state index contributed by atoms with van der Waals surface area (Å²) in [7, 11) is 0. The Morgan fingerprint density at radius 1 is 0.633 bits per heavy atom. The van der Waals surface area contributed by atoms with E-state index in [2.05, 4.69) is 6.92 Å². The van der Waals surface area contributed by atoms with Crippen LogP contribution in [0.2, 0.25) is 0 Å². The van der Waals surface area contributed by atoms with Gasteiger partial charge in [0, 0.05) is 0 Å². The van der Waals surface area contributed by atoms with E-state index in [0.717, 1.165) is 12.8 Å². The van der Waals surface area contributed by atoms with Crippen molar-refractivity contribution in [3.63, 3.8) is 0 Å². The molecule has 0 aromatic heterocycles. The second-order valence-corrected chi connectivity index (χ2v) is 9.07. The summed E-state index contributed by atoms with van der Waals surface area (Å²) in [5.41, 5.74) is 0. The zero-order valence-electron chi connectivity index (χ0n) is 20.1. The molecule has 0 heterocycles. The van der Waals surface area contributed by atoms with Gasteiger partial charge in [0.1, 0.15) is 6.61 Å². The fourth-order valence-electron chi connectivity index (χ4n) is 4.00. The third-order valence-electron chi connectivity index (χ3n) is 5.93. The largest absolute Gasteiger partial charge is 0.480 e. The number of hydrogen-bond donors (Lipinski definition) is 2. The number of aliphatic carboxylic acids is 1. The van der Waals surface area contributed by atoms with Gasteiger partial charge in [-0.2, -0.15) is 0 Å². The van der Waals surface area contributed by atoms with Crippen LogP contribution in [0.5, 0.6) is 0 Å². The zero-order chi connectivity index (χ0) is 22.1. The molecule has 0 aliphatic heterocycles. The van der Waals surface area contributed by atoms with Gasteiger partial charge in [-0.05, 0) is 6.42 Å². The molecule has 0 aliphatic rings. The molecule has 4 heteroatoms. The number of unbranched alkanes of at least 4 members (excludes halogenated alkanes) is 19. The fraction of sp³-hybridized carbons (Fsp3) is 0.962. The van der Waals surface area contributed by atoms with Crippen LogP contribution in [-0.4, -0.2) is 35.5 Å². The Kier molecular flexibility index (Phi) is 24.2. The molecule has 0 spiro atoms. The van der Waals surface area contributed by atoms with Gasteiger partial charge in [0.15, 0.2) is 0 Å². The number of carboxylic acid groups (broad SMARTS) is 1. The molecule has 0 saturated heterocycles. The molecular formula is C26H52O4. The maximum absolute atomic E-state index is 10.3. The summed E-state index contributed by atoms with van der Waals surface area (Å²) in [6.07, 6.45) is 27.5. The second kappa shape index (κ2) is 24.7. The van der Waals surface area contributed by atoms with Crippen LogP contribution in [0.25, 0.3) is 0 Å². The molecule has 1 unspecified atom stereocenters. The van der Waals surface area contributed by atoms with Crippen LogP contribution in [0.15, 0.2) is 0 Å². The highest BCUT2D eigenvalue weighted by atomic mass is 16.5. The predicted octanol–water partition coefficient (Wildman–Crippen LogP) is 7.66. The molecule has 0 fully saturated rings. The van der Waals surface area contributed by atoms with Crippen LogP contribution < -0.4 is 0 Å². The molecule has 4 nitrogen and oxygen atoms in total. The first-order valence-electron chi connectivity index (χ1n) is 13.1. The molecule has 2 N–H and O–H groups in total. The topological polar surface area (TPSA) is 66.8 Å². The smallest absolute Gasteiger partial charge is 0.329 e. The molecule has 0 saturated carbocycles. The Morgan fingerprint density at radius 3 is 1.30 bits per heavy atom. The normalized spacial score (nSPS) is 12.3. The van der Waals surface area contributed by atoms with Crippen LogP contribution in [0, 0.1) is 0 Å². The first kappa shape index (κ1) is 29.4. The Balaban J connectivity index is 3.09. The van der Waals surface area contributed by atoms with Gasteiger partial charge in [0.2, 0.25) is 0 Å². The van der Waals surface area contributed by atoms with Gasteiger partial charge >= 0.3 is 5.97 Å². The standard InChI is InChI=1S/C26H52O4/c1-2-3-4-5-6-7-8-9-10-11-12-13-14-15-16-17-18-19-20-21-22-25(27)23-30-24-26(28)29/h25,27H,2-24H2,1H3,(H,28,29). The highest BCUT2D eigenvalue weighted by molar-refractivity contribution is 5.67. The van der Waals surface area contributed by atoms with E-state index in [1.54, 1.807) is 0 Å². The highest BCUT2D eigenvalue weighted by Gasteiger charge is 2.05. The Bertz CT molecular complexity index is 346. The lowest BCUT2D eigenvalue weighted by atomic mass is 10.0. The fourth-order valence-corrected chi connectivity index (χ4v) is 4.00. The number of carbonyl (C=O) groups is 1. The summed E-state index contributed by atoms with van der Waals surface area (Å²) in [5.74, 6) is -0.985. The molecule has 0 amide bonds. The number of hydrogen-bond acceptors (Lipinski definition) is 3. The van der Waals surface area contributed by atoms with E-state index in [1.165, 1.54) is 116 Å². The Morgan fingerprint density at radius 2 is 0.967 bits per heavy atom. The first-order valence-corrected chi connectivity index (χ1v) is 13.1. The molecule has 0 aromatic rings. The van der Waals surface area contributed by atoms with Gasteiger partial charge in [-0.1, -0.05) is 135 Å². The van der Waals surface area contributed by atoms with Gasteiger partial charge in [-0.3, -0.25) is 0 Å². The molecule has 1 atom stereocenters. The van der Waals surface area contributed by atoms with Crippen molar-refractivity contribution < 1.29 is 19.7 Å². The predicted molar refractivity (Wildman–Crippen MR) is 127 cm³/mol. The Hall–Kier alpha value is -0.610. The average Bonchev–Trinajstić information content (AvgIpc) is 2.72. The second-order valence-electron chi connectivity index (χ2n) is 9.07. The molecule has 0 aromatic carbocycles. The van der Waals surface area contributed by atoms with E-state index in [4.69, 9.17) is 9.84 Å². The van der Waals surface area contributed by atoms with Crippen molar-refractivity contribution >= 4 is 5.97 Å². The van der Waals surface area contributed by atoms with E-state index < -0.39 is 12.1 Å². The third-order valence-corrected chi connectivity index (χ3v) is 5.93. The molecule has 180 valence electrons. The number of rotatable bonds is 25. The lowest BCUT2D eigenvalue weighted by Gasteiger charge is -2.10. The van der Waals surface area contributed by atoms with Crippen LogP contribution in [-0.2, 0) is 9.53 Å². The van der Waals surface area contributed by atoms with Crippen molar-refractivity contribution in [2.75, 3.05) is 13.2 Å². The molecule has 0 aliphatic carbocycles. The molecular weight excluding hydrogens is 376 g/mol. The van der Waals surface area contributed by atoms with Gasteiger partial charge in [0.05, 0.1) is 12.7 Å². The molecule has 0 radical (unpaired) electrons. The minimum absolute atomic E-state index is 0.130. The van der Waals surface area contributed by atoms with Crippen LogP contribution in [0.1, 0.15) is 142 Å². The van der Waals surface area contributed by atoms with E-state index in [0.29, 0.717) is 6.42 Å². The van der Waals surface area contributed by atoms with Gasteiger partial charge in [0.25, 0.3) is 0 Å². The van der Waals surface area contributed by atoms with Crippen LogP contribution in [0.4, 0.5) is 0 Å². The van der Waals surface area contributed by atoms with Crippen molar-refractivity contribution in [1.82, 2.24) is 0 Å². The zero-order valence-corrected chi connectivity index (χ0v) is 20.1. The van der Waals surface area contributed by atoms with Crippen molar-refractivity contribution in [3.05, 3.63) is 0 Å². The van der Waals surface area contributed by atoms with Crippen molar-refractivity contribution in [2.45, 2.75) is 148 Å². The monoisotopic (exact) mass is 428 g/mol. The summed E-state index contributed by atoms with van der Waals surface area (Å²) >= 11 is 0. The quantitative estimate of drug-likeness (QED) is 0.146. The van der Waals surface area contributed by atoms with Crippen molar-refractivity contribution in [1.29, 1.82) is 0 Å². The Labute approximate surface area is 187 Å². The maximum Gasteiger partial charge on any atom is 0.329 e. The van der Waals surface area contributed by atoms with Gasteiger partial charge in [-0.25, -0.2) is 4.79 Å². The minimum atomic E-state index is -0.985. The lowest BCUT2D eigenvalue weighted by molar-refractivity contribution is -0.143. The number of ether oxygens (including phenoxy) is 1. The molecule has 30 heavy (non-hydrogen) atoms. The number of aliphatic hydroxyl groups excluding tert-OH is 1. The highest BCUT2D eigenvalue weighted by Crippen LogP contribution is 2.15. The van der Waals surface area contributed by atoms with E-state index in [1.807, 2.05) is 0 Å². The van der Waals surface area contributed by atoms with E-state index >= 15 is 0 Å². The van der Waals surface area contributed by atoms with Crippen LogP contribution >= 0.6 is 0 Å².